The lowest BCUT2D eigenvalue weighted by Gasteiger charge is -2.36. The molecule has 0 saturated carbocycles. The van der Waals surface area contributed by atoms with Gasteiger partial charge in [-0.25, -0.2) is 0 Å². The van der Waals surface area contributed by atoms with E-state index < -0.39 is 11.6 Å². The van der Waals surface area contributed by atoms with Crippen molar-refractivity contribution in [1.29, 1.82) is 5.26 Å². The second kappa shape index (κ2) is 8.76. The van der Waals surface area contributed by atoms with Gasteiger partial charge in [-0.2, -0.15) is 5.26 Å². The summed E-state index contributed by atoms with van der Waals surface area (Å²) < 4.78 is 0. The number of rotatable bonds is 7. The molecule has 158 valence electrons. The van der Waals surface area contributed by atoms with Crippen molar-refractivity contribution in [2.45, 2.75) is 57.6 Å². The first-order valence-electron chi connectivity index (χ1n) is 10.3. The molecule has 6 nitrogen and oxygen atoms in total. The van der Waals surface area contributed by atoms with Crippen LogP contribution in [-0.2, 0) is 4.79 Å². The van der Waals surface area contributed by atoms with Crippen LogP contribution in [0, 0.1) is 11.3 Å². The number of benzene rings is 2. The minimum Gasteiger partial charge on any atom is -0.481 e. The molecule has 1 fully saturated rings. The van der Waals surface area contributed by atoms with Crippen molar-refractivity contribution in [2.75, 3.05) is 16.8 Å². The quantitative estimate of drug-likeness (QED) is 0.620. The van der Waals surface area contributed by atoms with Crippen LogP contribution in [0.25, 0.3) is 0 Å². The number of nitrogens with zero attached hydrogens (tertiary/aromatic N) is 2. The highest BCUT2D eigenvalue weighted by molar-refractivity contribution is 5.77. The lowest BCUT2D eigenvalue weighted by molar-refractivity contribution is -0.137. The van der Waals surface area contributed by atoms with Crippen LogP contribution in [-0.4, -0.2) is 34.4 Å². The van der Waals surface area contributed by atoms with Crippen LogP contribution in [0.3, 0.4) is 0 Å². The van der Waals surface area contributed by atoms with Gasteiger partial charge >= 0.3 is 5.97 Å². The normalized spacial score (nSPS) is 17.4. The van der Waals surface area contributed by atoms with Gasteiger partial charge in [0.25, 0.3) is 0 Å². The number of hydrogen-bond acceptors (Lipinski definition) is 5. The van der Waals surface area contributed by atoms with E-state index in [-0.39, 0.29) is 18.4 Å². The lowest BCUT2D eigenvalue weighted by Crippen LogP contribution is -2.45. The Morgan fingerprint density at radius 3 is 2.60 bits per heavy atom. The van der Waals surface area contributed by atoms with Gasteiger partial charge < -0.3 is 20.4 Å². The van der Waals surface area contributed by atoms with E-state index in [0.717, 1.165) is 42.0 Å². The monoisotopic (exact) mass is 407 g/mol. The van der Waals surface area contributed by atoms with Crippen LogP contribution >= 0.6 is 0 Å². The molecule has 0 amide bonds. The maximum absolute atomic E-state index is 11.2. The summed E-state index contributed by atoms with van der Waals surface area (Å²) in [7, 11) is 0. The van der Waals surface area contributed by atoms with Crippen molar-refractivity contribution in [1.82, 2.24) is 0 Å². The topological polar surface area (TPSA) is 96.6 Å². The van der Waals surface area contributed by atoms with Gasteiger partial charge in [-0.05, 0) is 74.6 Å². The molecular weight excluding hydrogens is 378 g/mol. The molecular formula is C24H29N3O3. The SMILES string of the molecule is CC(CC(=O)O)c1ccc(N2CCCC2C(C)(C)O)c(Nc2ccc(C#N)cc2)c1. The van der Waals surface area contributed by atoms with Crippen LogP contribution in [0.15, 0.2) is 42.5 Å². The van der Waals surface area contributed by atoms with Gasteiger partial charge in [-0.3, -0.25) is 4.79 Å². The van der Waals surface area contributed by atoms with Crippen LogP contribution in [0.5, 0.6) is 0 Å². The Morgan fingerprint density at radius 2 is 2.00 bits per heavy atom. The first-order valence-corrected chi connectivity index (χ1v) is 10.3. The number of aliphatic carboxylic acids is 1. The molecule has 6 heteroatoms. The fourth-order valence-corrected chi connectivity index (χ4v) is 4.16. The number of carboxylic acid groups (broad SMARTS) is 1. The summed E-state index contributed by atoms with van der Waals surface area (Å²) in [5, 5.41) is 32.3. The Hall–Kier alpha value is -3.04. The molecule has 0 radical (unpaired) electrons. The van der Waals surface area contributed by atoms with Gasteiger partial charge in [0.2, 0.25) is 0 Å². The average Bonchev–Trinajstić information content (AvgIpc) is 3.18. The summed E-state index contributed by atoms with van der Waals surface area (Å²) >= 11 is 0. The van der Waals surface area contributed by atoms with Crippen molar-refractivity contribution in [3.8, 4) is 6.07 Å². The molecule has 0 spiro atoms. The Labute approximate surface area is 177 Å². The third kappa shape index (κ3) is 4.92. The van der Waals surface area contributed by atoms with Gasteiger partial charge in [0.1, 0.15) is 0 Å². The van der Waals surface area contributed by atoms with Gasteiger partial charge in [0.15, 0.2) is 0 Å². The van der Waals surface area contributed by atoms with E-state index in [1.165, 1.54) is 0 Å². The molecule has 0 bridgehead atoms. The van der Waals surface area contributed by atoms with E-state index in [2.05, 4.69) is 16.3 Å². The van der Waals surface area contributed by atoms with Crippen molar-refractivity contribution in [3.05, 3.63) is 53.6 Å². The molecule has 2 unspecified atom stereocenters. The highest BCUT2D eigenvalue weighted by Crippen LogP contribution is 2.39. The number of nitriles is 1. The van der Waals surface area contributed by atoms with Crippen LogP contribution < -0.4 is 10.2 Å². The van der Waals surface area contributed by atoms with E-state index in [0.29, 0.717) is 5.56 Å². The fraction of sp³-hybridized carbons (Fsp3) is 0.417. The molecule has 1 saturated heterocycles. The third-order valence-electron chi connectivity index (χ3n) is 5.74. The molecule has 1 aliphatic heterocycles. The standard InChI is InChI=1S/C24H29N3O3/c1-16(13-23(28)29)18-8-11-21(27-12-4-5-22(27)24(2,3)30)20(14-18)26-19-9-6-17(15-25)7-10-19/h6-11,14,16,22,26,30H,4-5,12-13H2,1-3H3,(H,28,29). The van der Waals surface area contributed by atoms with Gasteiger partial charge in [-0.1, -0.05) is 13.0 Å². The maximum Gasteiger partial charge on any atom is 0.303 e. The van der Waals surface area contributed by atoms with E-state index in [4.69, 9.17) is 5.26 Å². The van der Waals surface area contributed by atoms with E-state index >= 15 is 0 Å². The number of nitrogens with one attached hydrogen (secondary N) is 1. The number of carbonyl (C=O) groups is 1. The zero-order chi connectivity index (χ0) is 21.9. The zero-order valence-electron chi connectivity index (χ0n) is 17.7. The Bertz CT molecular complexity index is 942. The van der Waals surface area contributed by atoms with Gasteiger partial charge in [0.05, 0.1) is 41.1 Å². The second-order valence-electron chi connectivity index (χ2n) is 8.59. The first kappa shape index (κ1) is 21.7. The molecule has 30 heavy (non-hydrogen) atoms. The highest BCUT2D eigenvalue weighted by atomic mass is 16.4. The Kier molecular flexibility index (Phi) is 6.33. The molecule has 0 aliphatic carbocycles. The summed E-state index contributed by atoms with van der Waals surface area (Å²) in [6.07, 6.45) is 1.98. The van der Waals surface area contributed by atoms with Crippen molar-refractivity contribution in [3.63, 3.8) is 0 Å². The predicted octanol–water partition coefficient (Wildman–Crippen LogP) is 4.62. The molecule has 2 aromatic carbocycles. The average molecular weight is 408 g/mol. The molecule has 2 aromatic rings. The molecule has 1 heterocycles. The molecule has 1 aliphatic rings. The molecule has 3 rings (SSSR count). The second-order valence-corrected chi connectivity index (χ2v) is 8.59. The van der Waals surface area contributed by atoms with Gasteiger partial charge in [0, 0.05) is 12.2 Å². The number of aliphatic hydroxyl groups is 1. The number of anilines is 3. The van der Waals surface area contributed by atoms with Crippen molar-refractivity contribution >= 4 is 23.0 Å². The van der Waals surface area contributed by atoms with Crippen LogP contribution in [0.1, 0.15) is 57.1 Å². The minimum atomic E-state index is -0.836. The van der Waals surface area contributed by atoms with Crippen molar-refractivity contribution in [2.24, 2.45) is 0 Å². The van der Waals surface area contributed by atoms with Crippen LogP contribution in [0.4, 0.5) is 17.1 Å². The van der Waals surface area contributed by atoms with E-state index in [1.807, 2.05) is 51.1 Å². The maximum atomic E-state index is 11.2. The largest absolute Gasteiger partial charge is 0.481 e. The lowest BCUT2D eigenvalue weighted by atomic mass is 9.94. The predicted molar refractivity (Wildman–Crippen MR) is 118 cm³/mol. The minimum absolute atomic E-state index is 0.00121. The number of hydrogen-bond donors (Lipinski definition) is 3. The first-order chi connectivity index (χ1) is 14.2. The van der Waals surface area contributed by atoms with E-state index in [1.54, 1.807) is 12.1 Å². The molecule has 3 N–H and O–H groups in total. The summed E-state index contributed by atoms with van der Waals surface area (Å²) in [4.78, 5) is 13.4. The summed E-state index contributed by atoms with van der Waals surface area (Å²) in [5.41, 5.74) is 3.39. The highest BCUT2D eigenvalue weighted by Gasteiger charge is 2.37. The summed E-state index contributed by atoms with van der Waals surface area (Å²) in [6.45, 7) is 6.44. The fourth-order valence-electron chi connectivity index (χ4n) is 4.16. The van der Waals surface area contributed by atoms with Crippen molar-refractivity contribution < 1.29 is 15.0 Å². The third-order valence-corrected chi connectivity index (χ3v) is 5.74. The van der Waals surface area contributed by atoms with Gasteiger partial charge in [-0.15, -0.1) is 0 Å². The summed E-state index contributed by atoms with van der Waals surface area (Å²) in [6, 6.07) is 15.3. The summed E-state index contributed by atoms with van der Waals surface area (Å²) in [5.74, 6) is -0.948. The van der Waals surface area contributed by atoms with Crippen LogP contribution in [0.2, 0.25) is 0 Å². The zero-order valence-corrected chi connectivity index (χ0v) is 17.7. The van der Waals surface area contributed by atoms with E-state index in [9.17, 15) is 15.0 Å². The molecule has 2 atom stereocenters. The smallest absolute Gasteiger partial charge is 0.303 e. The Balaban J connectivity index is 2.00. The Morgan fingerprint density at radius 1 is 1.30 bits per heavy atom. The molecule has 0 aromatic heterocycles. The number of carboxylic acids is 1.